The van der Waals surface area contributed by atoms with Crippen LogP contribution in [0.3, 0.4) is 0 Å². The van der Waals surface area contributed by atoms with E-state index in [1.165, 1.54) is 0 Å². The van der Waals surface area contributed by atoms with Crippen LogP contribution in [-0.4, -0.2) is 66.5 Å². The third-order valence-electron chi connectivity index (χ3n) is 6.43. The van der Waals surface area contributed by atoms with E-state index in [0.717, 1.165) is 48.7 Å². The summed E-state index contributed by atoms with van der Waals surface area (Å²) in [5.74, 6) is 0.594. The number of piperazine rings is 1. The summed E-state index contributed by atoms with van der Waals surface area (Å²) >= 11 is 0. The van der Waals surface area contributed by atoms with Crippen LogP contribution in [0.5, 0.6) is 0 Å². The Kier molecular flexibility index (Phi) is 3.51. The maximum atomic E-state index is 13.4. The topological polar surface area (TPSA) is 71.6 Å². The molecule has 29 heavy (non-hydrogen) atoms. The Morgan fingerprint density at radius 1 is 1.24 bits per heavy atom. The number of hydrogen-bond acceptors (Lipinski definition) is 5. The first kappa shape index (κ1) is 16.9. The molecule has 3 aromatic heterocycles. The fourth-order valence-corrected chi connectivity index (χ4v) is 4.88. The van der Waals surface area contributed by atoms with E-state index in [1.54, 1.807) is 17.1 Å². The van der Waals surface area contributed by atoms with Gasteiger partial charge in [-0.15, -0.1) is 0 Å². The lowest BCUT2D eigenvalue weighted by Crippen LogP contribution is -2.56. The highest BCUT2D eigenvalue weighted by molar-refractivity contribution is 5.83. The Morgan fingerprint density at radius 2 is 2.00 bits per heavy atom. The summed E-state index contributed by atoms with van der Waals surface area (Å²) in [5, 5.41) is 9.00. The van der Waals surface area contributed by atoms with Gasteiger partial charge in [-0.1, -0.05) is 0 Å². The monoisotopic (exact) mass is 395 g/mol. The molecule has 1 amide bonds. The van der Waals surface area contributed by atoms with Crippen LogP contribution < -0.4 is 4.90 Å². The smallest absolute Gasteiger partial charge is 0.229 e. The van der Waals surface area contributed by atoms with E-state index in [0.29, 0.717) is 6.42 Å². The van der Waals surface area contributed by atoms with E-state index < -0.39 is 12.1 Å². The highest BCUT2D eigenvalue weighted by atomic mass is 19.1. The van der Waals surface area contributed by atoms with E-state index in [4.69, 9.17) is 5.10 Å². The van der Waals surface area contributed by atoms with Crippen molar-refractivity contribution in [1.82, 2.24) is 29.3 Å². The zero-order valence-electron chi connectivity index (χ0n) is 16.1. The maximum Gasteiger partial charge on any atom is 0.229 e. The van der Waals surface area contributed by atoms with Crippen molar-refractivity contribution < 1.29 is 9.18 Å². The highest BCUT2D eigenvalue weighted by Crippen LogP contribution is 2.40. The molecule has 5 heterocycles. The molecule has 150 valence electrons. The lowest BCUT2D eigenvalue weighted by molar-refractivity contribution is -0.136. The van der Waals surface area contributed by atoms with Gasteiger partial charge in [0.25, 0.3) is 0 Å². The predicted octanol–water partition coefficient (Wildman–Crippen LogP) is 1.67. The van der Waals surface area contributed by atoms with Gasteiger partial charge in [0.1, 0.15) is 12.0 Å². The third-order valence-corrected chi connectivity index (χ3v) is 6.43. The van der Waals surface area contributed by atoms with Crippen molar-refractivity contribution in [3.05, 3.63) is 30.7 Å². The van der Waals surface area contributed by atoms with Crippen LogP contribution in [0.2, 0.25) is 0 Å². The molecular weight excluding hydrogens is 373 g/mol. The number of aromatic nitrogens is 5. The SMILES string of the molecule is Cn1cc(-c2cc3nccc(N4CC5CCC(C4)N5C(=O)[C@@H]4C[C@H]4F)n3n2)cn1. The molecule has 2 bridgehead atoms. The minimum Gasteiger partial charge on any atom is -0.352 e. The number of fused-ring (bicyclic) bond motifs is 3. The summed E-state index contributed by atoms with van der Waals surface area (Å²) in [5.41, 5.74) is 2.56. The number of hydrogen-bond donors (Lipinski definition) is 0. The van der Waals surface area contributed by atoms with Gasteiger partial charge in [0.05, 0.1) is 17.8 Å². The summed E-state index contributed by atoms with van der Waals surface area (Å²) in [6.07, 6.45) is 6.94. The molecule has 8 nitrogen and oxygen atoms in total. The Bertz CT molecular complexity index is 1090. The van der Waals surface area contributed by atoms with Gasteiger partial charge in [0.2, 0.25) is 5.91 Å². The first-order valence-electron chi connectivity index (χ1n) is 10.1. The number of aryl methyl sites for hydroxylation is 1. The Hall–Kier alpha value is -2.97. The van der Waals surface area contributed by atoms with Crippen LogP contribution in [0.15, 0.2) is 30.7 Å². The fourth-order valence-electron chi connectivity index (χ4n) is 4.88. The second-order valence-electron chi connectivity index (χ2n) is 8.40. The minimum atomic E-state index is -0.935. The lowest BCUT2D eigenvalue weighted by atomic mass is 10.1. The van der Waals surface area contributed by atoms with Crippen LogP contribution in [0.1, 0.15) is 19.3 Å². The largest absolute Gasteiger partial charge is 0.352 e. The van der Waals surface area contributed by atoms with Gasteiger partial charge < -0.3 is 9.80 Å². The average molecular weight is 395 g/mol. The Balaban J connectivity index is 1.31. The summed E-state index contributed by atoms with van der Waals surface area (Å²) in [7, 11) is 1.88. The lowest BCUT2D eigenvalue weighted by Gasteiger charge is -2.42. The van der Waals surface area contributed by atoms with E-state index >= 15 is 0 Å². The average Bonchev–Trinajstić information content (AvgIpc) is 3.04. The van der Waals surface area contributed by atoms with E-state index in [2.05, 4.69) is 15.0 Å². The van der Waals surface area contributed by atoms with E-state index in [9.17, 15) is 9.18 Å². The van der Waals surface area contributed by atoms with Crippen molar-refractivity contribution in [2.45, 2.75) is 37.5 Å². The summed E-state index contributed by atoms with van der Waals surface area (Å²) in [6.45, 7) is 1.49. The van der Waals surface area contributed by atoms with Crippen molar-refractivity contribution in [2.24, 2.45) is 13.0 Å². The zero-order valence-corrected chi connectivity index (χ0v) is 16.1. The highest BCUT2D eigenvalue weighted by Gasteiger charge is 2.51. The molecule has 2 aliphatic heterocycles. The van der Waals surface area contributed by atoms with Gasteiger partial charge in [-0.05, 0) is 25.3 Å². The molecule has 3 aromatic rings. The fraction of sp³-hybridized carbons (Fsp3) is 0.500. The van der Waals surface area contributed by atoms with Crippen molar-refractivity contribution in [2.75, 3.05) is 18.0 Å². The summed E-state index contributed by atoms with van der Waals surface area (Å²) in [6, 6.07) is 4.22. The predicted molar refractivity (Wildman–Crippen MR) is 104 cm³/mol. The first-order chi connectivity index (χ1) is 14.1. The summed E-state index contributed by atoms with van der Waals surface area (Å²) < 4.78 is 17.1. The summed E-state index contributed by atoms with van der Waals surface area (Å²) in [4.78, 5) is 21.4. The molecule has 2 saturated heterocycles. The number of carbonyl (C=O) groups is 1. The minimum absolute atomic E-state index is 0.0162. The molecular formula is C20H22FN7O. The number of rotatable bonds is 3. The van der Waals surface area contributed by atoms with Crippen molar-refractivity contribution in [3.63, 3.8) is 0 Å². The number of nitrogens with zero attached hydrogens (tertiary/aromatic N) is 7. The second kappa shape index (κ2) is 6.01. The third kappa shape index (κ3) is 2.63. The second-order valence-corrected chi connectivity index (χ2v) is 8.40. The van der Waals surface area contributed by atoms with Crippen LogP contribution in [0.25, 0.3) is 16.9 Å². The van der Waals surface area contributed by atoms with E-state index in [1.807, 2.05) is 34.8 Å². The van der Waals surface area contributed by atoms with Crippen LogP contribution in [0, 0.1) is 5.92 Å². The normalized spacial score (nSPS) is 28.3. The van der Waals surface area contributed by atoms with Crippen LogP contribution in [-0.2, 0) is 11.8 Å². The molecule has 1 aliphatic carbocycles. The number of anilines is 1. The molecule has 0 aromatic carbocycles. The van der Waals surface area contributed by atoms with E-state index in [-0.39, 0.29) is 18.0 Å². The number of carbonyl (C=O) groups excluding carboxylic acids is 1. The van der Waals surface area contributed by atoms with Gasteiger partial charge in [0.15, 0.2) is 5.65 Å². The quantitative estimate of drug-likeness (QED) is 0.675. The number of amides is 1. The van der Waals surface area contributed by atoms with Crippen molar-refractivity contribution >= 4 is 17.4 Å². The zero-order chi connectivity index (χ0) is 19.7. The maximum absolute atomic E-state index is 13.4. The molecule has 0 spiro atoms. The molecule has 3 aliphatic rings. The molecule has 2 unspecified atom stereocenters. The van der Waals surface area contributed by atoms with Gasteiger partial charge in [0, 0.05) is 56.2 Å². The van der Waals surface area contributed by atoms with Gasteiger partial charge in [-0.25, -0.2) is 9.37 Å². The van der Waals surface area contributed by atoms with Gasteiger partial charge in [-0.2, -0.15) is 14.7 Å². The number of halogens is 1. The first-order valence-corrected chi connectivity index (χ1v) is 10.1. The van der Waals surface area contributed by atoms with Gasteiger partial charge in [-0.3, -0.25) is 9.48 Å². The Morgan fingerprint density at radius 3 is 2.66 bits per heavy atom. The molecule has 4 atom stereocenters. The Labute approximate surface area is 166 Å². The van der Waals surface area contributed by atoms with Crippen molar-refractivity contribution in [3.8, 4) is 11.3 Å². The molecule has 1 saturated carbocycles. The number of alkyl halides is 1. The van der Waals surface area contributed by atoms with Crippen molar-refractivity contribution in [1.29, 1.82) is 0 Å². The molecule has 3 fully saturated rings. The van der Waals surface area contributed by atoms with Crippen LogP contribution in [0.4, 0.5) is 10.2 Å². The standard InChI is InChI=1S/C20H22FN7O/c1-25-9-12(8-23-25)17-7-18-22-5-4-19(28(18)24-17)26-10-13-2-3-14(11-26)27(13)20(29)15-6-16(15)21/h4-5,7-9,13-16H,2-3,6,10-11H2,1H3/t13?,14?,15-,16-/m1/s1. The molecule has 0 N–H and O–H groups in total. The van der Waals surface area contributed by atoms with Gasteiger partial charge >= 0.3 is 0 Å². The molecule has 6 rings (SSSR count). The molecule has 0 radical (unpaired) electrons. The molecule has 9 heteroatoms. The van der Waals surface area contributed by atoms with Crippen LogP contribution >= 0.6 is 0 Å².